The van der Waals surface area contributed by atoms with Gasteiger partial charge >= 0.3 is 0 Å². The summed E-state index contributed by atoms with van der Waals surface area (Å²) >= 11 is 1.43. The Balaban J connectivity index is -0.000000980. The van der Waals surface area contributed by atoms with Crippen LogP contribution >= 0.6 is 36.6 Å². The molecule has 0 spiro atoms. The third-order valence-electron chi connectivity index (χ3n) is 1.91. The lowest BCUT2D eigenvalue weighted by Crippen LogP contribution is -2.33. The van der Waals surface area contributed by atoms with E-state index in [1.807, 2.05) is 0 Å². The number of halogens is 2. The van der Waals surface area contributed by atoms with Crippen LogP contribution < -0.4 is 5.73 Å². The monoisotopic (exact) mass is 303 g/mol. The quantitative estimate of drug-likeness (QED) is 0.561. The second kappa shape index (κ2) is 12.8. The summed E-state index contributed by atoms with van der Waals surface area (Å²) < 4.78 is 0. The fourth-order valence-electron chi connectivity index (χ4n) is 1.57. The summed E-state index contributed by atoms with van der Waals surface area (Å²) in [6.45, 7) is 12.3. The minimum absolute atomic E-state index is 0. The number of hydrogen-bond acceptors (Lipinski definition) is 3. The Morgan fingerprint density at radius 2 is 1.53 bits per heavy atom. The molecule has 0 aliphatic rings. The van der Waals surface area contributed by atoms with Crippen molar-refractivity contribution in [2.45, 2.75) is 27.7 Å². The van der Waals surface area contributed by atoms with Crippen molar-refractivity contribution < 1.29 is 0 Å². The van der Waals surface area contributed by atoms with Gasteiger partial charge in [-0.05, 0) is 11.8 Å². The van der Waals surface area contributed by atoms with Gasteiger partial charge in [0.2, 0.25) is 0 Å². The van der Waals surface area contributed by atoms with Crippen LogP contribution in [0.3, 0.4) is 0 Å². The second-order valence-electron chi connectivity index (χ2n) is 4.76. The Hall–Kier alpha value is 0.360. The lowest BCUT2D eigenvalue weighted by Gasteiger charge is -2.25. The molecule has 0 bridgehead atoms. The van der Waals surface area contributed by atoms with Gasteiger partial charge in [0.25, 0.3) is 0 Å². The minimum Gasteiger partial charge on any atom is -0.379 e. The van der Waals surface area contributed by atoms with Crippen LogP contribution in [0.2, 0.25) is 0 Å². The fourth-order valence-corrected chi connectivity index (χ4v) is 2.14. The highest BCUT2D eigenvalue weighted by molar-refractivity contribution is 8.13. The van der Waals surface area contributed by atoms with Crippen LogP contribution in [0.1, 0.15) is 27.7 Å². The van der Waals surface area contributed by atoms with Crippen LogP contribution in [-0.2, 0) is 0 Å². The molecule has 0 saturated heterocycles. The van der Waals surface area contributed by atoms with Gasteiger partial charge in [-0.1, -0.05) is 39.5 Å². The van der Waals surface area contributed by atoms with Crippen LogP contribution in [0, 0.1) is 17.2 Å². The highest BCUT2D eigenvalue weighted by Gasteiger charge is 2.09. The van der Waals surface area contributed by atoms with Crippen LogP contribution in [-0.4, -0.2) is 35.5 Å². The molecule has 0 radical (unpaired) electrons. The first-order chi connectivity index (χ1) is 6.91. The molecular weight excluding hydrogens is 277 g/mol. The van der Waals surface area contributed by atoms with Crippen LogP contribution in [0.4, 0.5) is 0 Å². The number of hydrogen-bond donors (Lipinski definition) is 2. The molecular formula is C11H27Cl2N3S. The van der Waals surface area contributed by atoms with Crippen molar-refractivity contribution in [3.8, 4) is 0 Å². The molecule has 0 rings (SSSR count). The Morgan fingerprint density at radius 1 is 1.12 bits per heavy atom. The Labute approximate surface area is 123 Å². The van der Waals surface area contributed by atoms with E-state index in [0.717, 1.165) is 25.4 Å². The average molecular weight is 304 g/mol. The van der Waals surface area contributed by atoms with E-state index in [1.165, 1.54) is 11.8 Å². The summed E-state index contributed by atoms with van der Waals surface area (Å²) in [5, 5.41) is 7.37. The molecule has 3 N–H and O–H groups in total. The number of nitrogens with two attached hydrogens (primary N) is 1. The predicted molar refractivity (Wildman–Crippen MR) is 85.0 cm³/mol. The van der Waals surface area contributed by atoms with Gasteiger partial charge in [-0.2, -0.15) is 0 Å². The molecule has 0 aromatic heterocycles. The average Bonchev–Trinajstić information content (AvgIpc) is 2.00. The third-order valence-corrected chi connectivity index (χ3v) is 2.61. The molecule has 106 valence electrons. The van der Waals surface area contributed by atoms with Gasteiger partial charge in [0, 0.05) is 25.4 Å². The van der Waals surface area contributed by atoms with Gasteiger partial charge in [0.1, 0.15) is 0 Å². The standard InChI is InChI=1S/C11H25N3S.2ClH/c1-9(2)7-14(8-10(3)4)5-6-15-11(12)13;;/h9-10H,5-8H2,1-4H3,(H3,12,13);2*1H. The topological polar surface area (TPSA) is 53.1 Å². The SMILES string of the molecule is CC(C)CN(CCSC(=N)N)CC(C)C.Cl.Cl. The maximum absolute atomic E-state index is 7.14. The number of thioether (sulfide) groups is 1. The van der Waals surface area contributed by atoms with Crippen molar-refractivity contribution in [2.75, 3.05) is 25.4 Å². The van der Waals surface area contributed by atoms with Crippen molar-refractivity contribution in [1.82, 2.24) is 4.90 Å². The minimum atomic E-state index is 0. The fraction of sp³-hybridized carbons (Fsp3) is 0.909. The summed E-state index contributed by atoms with van der Waals surface area (Å²) in [6.07, 6.45) is 0. The third kappa shape index (κ3) is 16.4. The predicted octanol–water partition coefficient (Wildman–Crippen LogP) is 3.07. The van der Waals surface area contributed by atoms with Gasteiger partial charge in [0.15, 0.2) is 5.17 Å². The zero-order chi connectivity index (χ0) is 11.8. The van der Waals surface area contributed by atoms with E-state index in [4.69, 9.17) is 11.1 Å². The van der Waals surface area contributed by atoms with E-state index in [0.29, 0.717) is 11.8 Å². The molecule has 0 heterocycles. The summed E-state index contributed by atoms with van der Waals surface area (Å²) in [5.41, 5.74) is 5.31. The zero-order valence-electron chi connectivity index (χ0n) is 11.2. The van der Waals surface area contributed by atoms with E-state index in [2.05, 4.69) is 32.6 Å². The smallest absolute Gasteiger partial charge is 0.151 e. The molecule has 0 aliphatic heterocycles. The molecule has 0 aromatic rings. The van der Waals surface area contributed by atoms with E-state index in [-0.39, 0.29) is 30.0 Å². The summed E-state index contributed by atoms with van der Waals surface area (Å²) in [6, 6.07) is 0. The van der Waals surface area contributed by atoms with E-state index < -0.39 is 0 Å². The molecule has 3 nitrogen and oxygen atoms in total. The van der Waals surface area contributed by atoms with Crippen molar-refractivity contribution in [1.29, 1.82) is 5.41 Å². The molecule has 17 heavy (non-hydrogen) atoms. The first-order valence-corrected chi connectivity index (χ1v) is 6.59. The normalized spacial score (nSPS) is 10.3. The number of rotatable bonds is 7. The molecule has 0 atom stereocenters. The molecule has 0 aliphatic carbocycles. The summed E-state index contributed by atoms with van der Waals surface area (Å²) in [4.78, 5) is 2.46. The van der Waals surface area contributed by atoms with Crippen molar-refractivity contribution in [3.05, 3.63) is 0 Å². The van der Waals surface area contributed by atoms with E-state index in [9.17, 15) is 0 Å². The zero-order valence-corrected chi connectivity index (χ0v) is 13.7. The highest BCUT2D eigenvalue weighted by Crippen LogP contribution is 2.06. The number of nitrogens with zero attached hydrogens (tertiary/aromatic N) is 1. The van der Waals surface area contributed by atoms with Gasteiger partial charge in [-0.15, -0.1) is 24.8 Å². The maximum atomic E-state index is 7.14. The van der Waals surface area contributed by atoms with Crippen molar-refractivity contribution in [2.24, 2.45) is 17.6 Å². The Bertz CT molecular complexity index is 180. The Kier molecular flexibility index (Phi) is 17.0. The molecule has 0 amide bonds. The van der Waals surface area contributed by atoms with Crippen molar-refractivity contribution in [3.63, 3.8) is 0 Å². The first kappa shape index (κ1) is 22.5. The molecule has 0 fully saturated rings. The van der Waals surface area contributed by atoms with Gasteiger partial charge in [-0.3, -0.25) is 5.41 Å². The summed E-state index contributed by atoms with van der Waals surface area (Å²) in [7, 11) is 0. The molecule has 6 heteroatoms. The van der Waals surface area contributed by atoms with Crippen LogP contribution in [0.15, 0.2) is 0 Å². The van der Waals surface area contributed by atoms with E-state index >= 15 is 0 Å². The Morgan fingerprint density at radius 3 is 1.82 bits per heavy atom. The lowest BCUT2D eigenvalue weighted by molar-refractivity contribution is 0.232. The van der Waals surface area contributed by atoms with Crippen LogP contribution in [0.5, 0.6) is 0 Å². The summed E-state index contributed by atoms with van der Waals surface area (Å²) in [5.74, 6) is 2.33. The van der Waals surface area contributed by atoms with E-state index in [1.54, 1.807) is 0 Å². The van der Waals surface area contributed by atoms with Crippen LogP contribution in [0.25, 0.3) is 0 Å². The molecule has 0 saturated carbocycles. The second-order valence-corrected chi connectivity index (χ2v) is 5.90. The maximum Gasteiger partial charge on any atom is 0.151 e. The highest BCUT2D eigenvalue weighted by atomic mass is 35.5. The molecule has 0 aromatic carbocycles. The lowest BCUT2D eigenvalue weighted by atomic mass is 10.1. The van der Waals surface area contributed by atoms with Gasteiger partial charge in [-0.25, -0.2) is 0 Å². The van der Waals surface area contributed by atoms with Gasteiger partial charge in [0.05, 0.1) is 0 Å². The largest absolute Gasteiger partial charge is 0.379 e. The first-order valence-electron chi connectivity index (χ1n) is 5.61. The van der Waals surface area contributed by atoms with Gasteiger partial charge < -0.3 is 10.6 Å². The number of nitrogens with one attached hydrogen (secondary N) is 1. The number of amidine groups is 1. The van der Waals surface area contributed by atoms with Crippen molar-refractivity contribution >= 4 is 41.7 Å². The molecule has 0 unspecified atom stereocenters.